The first-order valence-corrected chi connectivity index (χ1v) is 11.2. The van der Waals surface area contributed by atoms with Crippen LogP contribution in [-0.4, -0.2) is 64.9 Å². The molecular formula is C23H24F3N5O3. The van der Waals surface area contributed by atoms with Gasteiger partial charge in [0.15, 0.2) is 5.65 Å². The van der Waals surface area contributed by atoms with Crippen molar-refractivity contribution >= 4 is 17.1 Å². The number of carbonyl (C=O) groups excluding carboxylic acids is 1. The number of carbonyl (C=O) groups is 1. The maximum atomic E-state index is 12.8. The zero-order chi connectivity index (χ0) is 23.7. The van der Waals surface area contributed by atoms with Crippen molar-refractivity contribution in [1.82, 2.24) is 25.2 Å². The van der Waals surface area contributed by atoms with E-state index in [1.165, 1.54) is 12.1 Å². The summed E-state index contributed by atoms with van der Waals surface area (Å²) in [4.78, 5) is 27.1. The SMILES string of the molecule is O=C(c1ccc(OC(F)(F)F)cc1)N1CCC(c2ccnc3[nH]c([C@H]4CNCCO4)nc23)CC1. The van der Waals surface area contributed by atoms with Crippen molar-refractivity contribution in [1.29, 1.82) is 0 Å². The van der Waals surface area contributed by atoms with Gasteiger partial charge < -0.3 is 24.7 Å². The van der Waals surface area contributed by atoms with E-state index >= 15 is 0 Å². The van der Waals surface area contributed by atoms with Crippen molar-refractivity contribution in [2.24, 2.45) is 0 Å². The molecule has 1 aromatic carbocycles. The number of fused-ring (bicyclic) bond motifs is 1. The number of aromatic nitrogens is 3. The zero-order valence-corrected chi connectivity index (χ0v) is 18.3. The molecular weight excluding hydrogens is 451 g/mol. The Hall–Kier alpha value is -3.18. The molecule has 4 heterocycles. The van der Waals surface area contributed by atoms with Crippen molar-refractivity contribution in [2.75, 3.05) is 32.8 Å². The summed E-state index contributed by atoms with van der Waals surface area (Å²) in [6.45, 7) is 3.23. The number of hydrogen-bond donors (Lipinski definition) is 2. The van der Waals surface area contributed by atoms with Crippen LogP contribution in [0.15, 0.2) is 36.5 Å². The van der Waals surface area contributed by atoms with Crippen molar-refractivity contribution < 1.29 is 27.4 Å². The Balaban J connectivity index is 1.25. The van der Waals surface area contributed by atoms with Gasteiger partial charge in [-0.15, -0.1) is 13.2 Å². The molecule has 0 spiro atoms. The summed E-state index contributed by atoms with van der Waals surface area (Å²) >= 11 is 0. The summed E-state index contributed by atoms with van der Waals surface area (Å²) in [6.07, 6.45) is -1.63. The second-order valence-electron chi connectivity index (χ2n) is 8.42. The molecule has 2 aromatic heterocycles. The van der Waals surface area contributed by atoms with Gasteiger partial charge in [0.1, 0.15) is 23.2 Å². The third kappa shape index (κ3) is 4.85. The predicted molar refractivity (Wildman–Crippen MR) is 116 cm³/mol. The van der Waals surface area contributed by atoms with Gasteiger partial charge in [0.25, 0.3) is 5.91 Å². The molecule has 2 aliphatic heterocycles. The van der Waals surface area contributed by atoms with E-state index in [4.69, 9.17) is 9.72 Å². The topological polar surface area (TPSA) is 92.4 Å². The molecule has 2 saturated heterocycles. The maximum absolute atomic E-state index is 12.8. The number of alkyl halides is 3. The third-order valence-corrected chi connectivity index (χ3v) is 6.22. The van der Waals surface area contributed by atoms with Gasteiger partial charge >= 0.3 is 6.36 Å². The van der Waals surface area contributed by atoms with Gasteiger partial charge in [0, 0.05) is 37.9 Å². The summed E-state index contributed by atoms with van der Waals surface area (Å²) in [5.74, 6) is 0.421. The van der Waals surface area contributed by atoms with E-state index in [9.17, 15) is 18.0 Å². The number of ether oxygens (including phenoxy) is 2. The molecule has 0 radical (unpaired) electrons. The van der Waals surface area contributed by atoms with Gasteiger partial charge in [-0.2, -0.15) is 0 Å². The van der Waals surface area contributed by atoms with Gasteiger partial charge in [0.2, 0.25) is 0 Å². The Labute approximate surface area is 193 Å². The number of hydrogen-bond acceptors (Lipinski definition) is 6. The number of amides is 1. The number of aromatic amines is 1. The number of benzene rings is 1. The lowest BCUT2D eigenvalue weighted by molar-refractivity contribution is -0.274. The van der Waals surface area contributed by atoms with Crippen molar-refractivity contribution in [3.63, 3.8) is 0 Å². The number of likely N-dealkylation sites (tertiary alicyclic amines) is 1. The smallest absolute Gasteiger partial charge is 0.406 e. The molecule has 2 N–H and O–H groups in total. The second kappa shape index (κ2) is 9.22. The Kier molecular flexibility index (Phi) is 6.13. The molecule has 0 bridgehead atoms. The van der Waals surface area contributed by atoms with E-state index in [1.807, 2.05) is 6.07 Å². The summed E-state index contributed by atoms with van der Waals surface area (Å²) < 4.78 is 46.7. The minimum absolute atomic E-state index is 0.136. The largest absolute Gasteiger partial charge is 0.573 e. The first kappa shape index (κ1) is 22.6. The first-order chi connectivity index (χ1) is 16.4. The van der Waals surface area contributed by atoms with Gasteiger partial charge in [-0.3, -0.25) is 4.79 Å². The number of rotatable bonds is 4. The highest BCUT2D eigenvalue weighted by molar-refractivity contribution is 5.94. The number of nitrogens with one attached hydrogen (secondary N) is 2. The van der Waals surface area contributed by atoms with Crippen molar-refractivity contribution in [2.45, 2.75) is 31.2 Å². The van der Waals surface area contributed by atoms with Crippen LogP contribution in [0.3, 0.4) is 0 Å². The monoisotopic (exact) mass is 475 g/mol. The average molecular weight is 475 g/mol. The van der Waals surface area contributed by atoms with Crippen LogP contribution in [-0.2, 0) is 4.74 Å². The number of piperidine rings is 1. The molecule has 1 atom stereocenters. The number of imidazole rings is 1. The van der Waals surface area contributed by atoms with Crippen LogP contribution >= 0.6 is 0 Å². The number of halogens is 3. The Morgan fingerprint density at radius 1 is 1.15 bits per heavy atom. The van der Waals surface area contributed by atoms with E-state index in [0.717, 1.165) is 54.1 Å². The predicted octanol–water partition coefficient (Wildman–Crippen LogP) is 3.54. The number of H-pyrrole nitrogens is 1. The Morgan fingerprint density at radius 2 is 1.91 bits per heavy atom. The first-order valence-electron chi connectivity index (χ1n) is 11.2. The quantitative estimate of drug-likeness (QED) is 0.600. The van der Waals surface area contributed by atoms with E-state index in [0.29, 0.717) is 31.8 Å². The minimum Gasteiger partial charge on any atom is -0.406 e. The molecule has 2 aliphatic rings. The fourth-order valence-corrected chi connectivity index (χ4v) is 4.55. The molecule has 34 heavy (non-hydrogen) atoms. The lowest BCUT2D eigenvalue weighted by Crippen LogP contribution is -2.38. The summed E-state index contributed by atoms with van der Waals surface area (Å²) in [5, 5.41) is 3.30. The van der Waals surface area contributed by atoms with Crippen LogP contribution in [0, 0.1) is 0 Å². The molecule has 2 fully saturated rings. The molecule has 180 valence electrons. The van der Waals surface area contributed by atoms with E-state index in [2.05, 4.69) is 20.0 Å². The third-order valence-electron chi connectivity index (χ3n) is 6.22. The molecule has 0 saturated carbocycles. The molecule has 3 aromatic rings. The van der Waals surface area contributed by atoms with Crippen LogP contribution in [0.1, 0.15) is 46.6 Å². The van der Waals surface area contributed by atoms with Gasteiger partial charge in [-0.25, -0.2) is 9.97 Å². The minimum atomic E-state index is -4.76. The summed E-state index contributed by atoms with van der Waals surface area (Å²) in [7, 11) is 0. The van der Waals surface area contributed by atoms with Crippen LogP contribution in [0.25, 0.3) is 11.2 Å². The van der Waals surface area contributed by atoms with Crippen LogP contribution < -0.4 is 10.1 Å². The lowest BCUT2D eigenvalue weighted by Gasteiger charge is -2.32. The van der Waals surface area contributed by atoms with Crippen LogP contribution in [0.4, 0.5) is 13.2 Å². The number of nitrogens with zero attached hydrogens (tertiary/aromatic N) is 3. The summed E-state index contributed by atoms with van der Waals surface area (Å²) in [6, 6.07) is 7.00. The Bertz CT molecular complexity index is 1150. The van der Waals surface area contributed by atoms with Crippen LogP contribution in [0.2, 0.25) is 0 Å². The van der Waals surface area contributed by atoms with E-state index in [-0.39, 0.29) is 23.7 Å². The van der Waals surface area contributed by atoms with Crippen molar-refractivity contribution in [3.8, 4) is 5.75 Å². The average Bonchev–Trinajstić information content (AvgIpc) is 3.28. The lowest BCUT2D eigenvalue weighted by atomic mass is 9.89. The highest BCUT2D eigenvalue weighted by atomic mass is 19.4. The fourth-order valence-electron chi connectivity index (χ4n) is 4.55. The zero-order valence-electron chi connectivity index (χ0n) is 18.3. The van der Waals surface area contributed by atoms with E-state index < -0.39 is 6.36 Å². The van der Waals surface area contributed by atoms with Gasteiger partial charge in [0.05, 0.1) is 6.61 Å². The van der Waals surface area contributed by atoms with E-state index in [1.54, 1.807) is 11.1 Å². The highest BCUT2D eigenvalue weighted by Gasteiger charge is 2.31. The normalized spacial score (nSPS) is 20.0. The number of morpholine rings is 1. The van der Waals surface area contributed by atoms with Gasteiger partial charge in [-0.05, 0) is 54.7 Å². The number of pyridine rings is 1. The molecule has 0 unspecified atom stereocenters. The molecule has 11 heteroatoms. The highest BCUT2D eigenvalue weighted by Crippen LogP contribution is 2.33. The Morgan fingerprint density at radius 3 is 2.59 bits per heavy atom. The molecule has 1 amide bonds. The molecule has 8 nitrogen and oxygen atoms in total. The molecule has 0 aliphatic carbocycles. The second-order valence-corrected chi connectivity index (χ2v) is 8.42. The van der Waals surface area contributed by atoms with Crippen LogP contribution in [0.5, 0.6) is 5.75 Å². The standard InChI is InChI=1S/C23H24F3N5O3/c24-23(25,26)34-16-3-1-15(2-4-16)22(32)31-10-6-14(7-11-31)17-5-8-28-21-19(17)29-20(30-21)18-13-27-9-12-33-18/h1-5,8,14,18,27H,6-7,9-13H2,(H,28,29,30)/t18-/m1/s1. The van der Waals surface area contributed by atoms with Gasteiger partial charge in [-0.1, -0.05) is 0 Å². The fraction of sp³-hybridized carbons (Fsp3) is 0.435. The maximum Gasteiger partial charge on any atom is 0.573 e. The summed E-state index contributed by atoms with van der Waals surface area (Å²) in [5.41, 5.74) is 2.98. The molecule has 5 rings (SSSR count). The van der Waals surface area contributed by atoms with Crippen molar-refractivity contribution in [3.05, 3.63) is 53.5 Å².